The van der Waals surface area contributed by atoms with Crippen LogP contribution in [0.1, 0.15) is 31.0 Å². The Balaban J connectivity index is 2.46. The molecule has 1 unspecified atom stereocenters. The molecule has 0 spiro atoms. The van der Waals surface area contributed by atoms with Crippen LogP contribution in [0.4, 0.5) is 13.2 Å². The molecule has 0 radical (unpaired) electrons. The Labute approximate surface area is 96.1 Å². The monoisotopic (exact) mass is 253 g/mol. The lowest BCUT2D eigenvalue weighted by atomic mass is 10.1. The van der Waals surface area contributed by atoms with E-state index >= 15 is 0 Å². The average molecular weight is 253 g/mol. The molecule has 5 nitrogen and oxygen atoms in total. The first-order valence-electron chi connectivity index (χ1n) is 5.13. The van der Waals surface area contributed by atoms with Gasteiger partial charge in [-0.25, -0.2) is 0 Å². The van der Waals surface area contributed by atoms with Crippen molar-refractivity contribution in [3.63, 3.8) is 0 Å². The third kappa shape index (κ3) is 4.70. The Bertz CT molecular complexity index is 336. The van der Waals surface area contributed by atoms with Gasteiger partial charge in [0.2, 0.25) is 5.89 Å². The number of hydrogen-bond donors (Lipinski definition) is 1. The van der Waals surface area contributed by atoms with Gasteiger partial charge in [0.1, 0.15) is 13.2 Å². The van der Waals surface area contributed by atoms with Crippen LogP contribution in [0, 0.1) is 0 Å². The van der Waals surface area contributed by atoms with Crippen molar-refractivity contribution in [2.45, 2.75) is 32.0 Å². The molecule has 1 aromatic heterocycles. The number of hydrogen-bond acceptors (Lipinski definition) is 5. The topological polar surface area (TPSA) is 74.2 Å². The van der Waals surface area contributed by atoms with E-state index in [0.717, 1.165) is 6.42 Å². The zero-order valence-corrected chi connectivity index (χ0v) is 9.33. The fourth-order valence-electron chi connectivity index (χ4n) is 1.19. The van der Waals surface area contributed by atoms with Crippen molar-refractivity contribution in [1.82, 2.24) is 10.1 Å². The number of nitrogens with zero attached hydrogens (tertiary/aromatic N) is 2. The zero-order valence-electron chi connectivity index (χ0n) is 9.33. The highest BCUT2D eigenvalue weighted by Crippen LogP contribution is 2.17. The van der Waals surface area contributed by atoms with Gasteiger partial charge in [-0.15, -0.1) is 0 Å². The lowest BCUT2D eigenvalue weighted by molar-refractivity contribution is -0.177. The summed E-state index contributed by atoms with van der Waals surface area (Å²) in [6.07, 6.45) is -3.63. The van der Waals surface area contributed by atoms with E-state index in [-0.39, 0.29) is 18.3 Å². The Morgan fingerprint density at radius 2 is 2.18 bits per heavy atom. The fourth-order valence-corrected chi connectivity index (χ4v) is 1.19. The fraction of sp³-hybridized carbons (Fsp3) is 0.778. The molecule has 0 fully saturated rings. The van der Waals surface area contributed by atoms with Crippen molar-refractivity contribution < 1.29 is 22.4 Å². The molecule has 1 aromatic rings. The second kappa shape index (κ2) is 5.97. The van der Waals surface area contributed by atoms with Gasteiger partial charge in [-0.05, 0) is 6.42 Å². The Hall–Kier alpha value is -1.15. The minimum Gasteiger partial charge on any atom is -0.364 e. The molecule has 0 bridgehead atoms. The van der Waals surface area contributed by atoms with Gasteiger partial charge in [-0.1, -0.05) is 12.1 Å². The lowest BCUT2D eigenvalue weighted by Gasteiger charge is -2.05. The van der Waals surface area contributed by atoms with Gasteiger partial charge < -0.3 is 15.0 Å². The number of alkyl halides is 3. The van der Waals surface area contributed by atoms with Crippen molar-refractivity contribution >= 4 is 0 Å². The van der Waals surface area contributed by atoms with E-state index in [2.05, 4.69) is 14.9 Å². The molecule has 8 heteroatoms. The average Bonchev–Trinajstić information content (AvgIpc) is 2.67. The van der Waals surface area contributed by atoms with E-state index in [4.69, 9.17) is 10.3 Å². The summed E-state index contributed by atoms with van der Waals surface area (Å²) >= 11 is 0. The van der Waals surface area contributed by atoms with E-state index in [1.54, 1.807) is 0 Å². The molecular weight excluding hydrogens is 239 g/mol. The van der Waals surface area contributed by atoms with Gasteiger partial charge in [-0.3, -0.25) is 0 Å². The first kappa shape index (κ1) is 13.9. The molecule has 2 N–H and O–H groups in total. The minimum absolute atomic E-state index is 0.0705. The molecule has 17 heavy (non-hydrogen) atoms. The first-order valence-corrected chi connectivity index (χ1v) is 5.13. The molecule has 98 valence electrons. The highest BCUT2D eigenvalue weighted by Gasteiger charge is 2.27. The molecule has 1 rings (SSSR count). The van der Waals surface area contributed by atoms with Crippen LogP contribution in [0.15, 0.2) is 4.52 Å². The maximum atomic E-state index is 11.8. The van der Waals surface area contributed by atoms with Gasteiger partial charge in [0.15, 0.2) is 5.82 Å². The van der Waals surface area contributed by atoms with Gasteiger partial charge in [-0.2, -0.15) is 18.2 Å². The number of ether oxygens (including phenoxy) is 1. The molecule has 0 aliphatic rings. The van der Waals surface area contributed by atoms with Crippen LogP contribution in [0.5, 0.6) is 0 Å². The quantitative estimate of drug-likeness (QED) is 0.833. The van der Waals surface area contributed by atoms with Crippen LogP contribution < -0.4 is 5.73 Å². The van der Waals surface area contributed by atoms with Gasteiger partial charge in [0, 0.05) is 6.54 Å². The minimum atomic E-state index is -4.35. The molecule has 0 amide bonds. The summed E-state index contributed by atoms with van der Waals surface area (Å²) in [6.45, 7) is 0.595. The summed E-state index contributed by atoms with van der Waals surface area (Å²) in [5.74, 6) is 0.357. The number of nitrogens with two attached hydrogens (primary N) is 1. The molecule has 0 aromatic carbocycles. The smallest absolute Gasteiger partial charge is 0.364 e. The molecule has 0 saturated carbocycles. The Morgan fingerprint density at radius 1 is 1.47 bits per heavy atom. The molecule has 0 aliphatic heterocycles. The predicted molar refractivity (Wildman–Crippen MR) is 52.1 cm³/mol. The van der Waals surface area contributed by atoms with Crippen LogP contribution in [-0.2, 0) is 11.3 Å². The second-order valence-electron chi connectivity index (χ2n) is 3.50. The Morgan fingerprint density at radius 3 is 2.71 bits per heavy atom. The third-order valence-corrected chi connectivity index (χ3v) is 2.11. The summed E-state index contributed by atoms with van der Waals surface area (Å²) in [6, 6.07) is 0. The van der Waals surface area contributed by atoms with Crippen LogP contribution in [0.2, 0.25) is 0 Å². The maximum Gasteiger partial charge on any atom is 0.411 e. The summed E-state index contributed by atoms with van der Waals surface area (Å²) < 4.78 is 44.7. The van der Waals surface area contributed by atoms with Crippen LogP contribution in [0.3, 0.4) is 0 Å². The normalized spacial score (nSPS) is 13.9. The number of aromatic nitrogens is 2. The van der Waals surface area contributed by atoms with Crippen molar-refractivity contribution in [1.29, 1.82) is 0 Å². The maximum absolute atomic E-state index is 11.8. The van der Waals surface area contributed by atoms with E-state index < -0.39 is 12.8 Å². The number of halogens is 3. The summed E-state index contributed by atoms with van der Waals surface area (Å²) in [7, 11) is 0. The van der Waals surface area contributed by atoms with Crippen molar-refractivity contribution in [2.75, 3.05) is 13.2 Å². The summed E-state index contributed by atoms with van der Waals surface area (Å²) in [5, 5.41) is 3.52. The molecule has 0 saturated heterocycles. The summed E-state index contributed by atoms with van der Waals surface area (Å²) in [4.78, 5) is 3.92. The standard InChI is InChI=1S/C9H14F3N3O2/c1-2-6(3-13)8-14-7(15-17-8)4-16-5-9(10,11)12/h6H,2-5,13H2,1H3. The van der Waals surface area contributed by atoms with E-state index in [1.165, 1.54) is 0 Å². The molecule has 0 aliphatic carbocycles. The molecular formula is C9H14F3N3O2. The van der Waals surface area contributed by atoms with Gasteiger partial charge in [0.05, 0.1) is 5.92 Å². The van der Waals surface area contributed by atoms with E-state index in [9.17, 15) is 13.2 Å². The highest BCUT2D eigenvalue weighted by molar-refractivity contribution is 4.93. The van der Waals surface area contributed by atoms with Crippen LogP contribution in [-0.4, -0.2) is 29.5 Å². The van der Waals surface area contributed by atoms with Gasteiger partial charge in [0.25, 0.3) is 0 Å². The SMILES string of the molecule is CCC(CN)c1nc(COCC(F)(F)F)no1. The van der Waals surface area contributed by atoms with Gasteiger partial charge >= 0.3 is 6.18 Å². The summed E-state index contributed by atoms with van der Waals surface area (Å²) in [5.41, 5.74) is 5.47. The van der Waals surface area contributed by atoms with Crippen molar-refractivity contribution in [3.05, 3.63) is 11.7 Å². The first-order chi connectivity index (χ1) is 7.96. The largest absolute Gasteiger partial charge is 0.411 e. The van der Waals surface area contributed by atoms with Crippen molar-refractivity contribution in [2.24, 2.45) is 5.73 Å². The molecule has 1 heterocycles. The van der Waals surface area contributed by atoms with Crippen molar-refractivity contribution in [3.8, 4) is 0 Å². The van der Waals surface area contributed by atoms with Crippen LogP contribution >= 0.6 is 0 Å². The third-order valence-electron chi connectivity index (χ3n) is 2.11. The lowest BCUT2D eigenvalue weighted by Crippen LogP contribution is -2.17. The van der Waals surface area contributed by atoms with Crippen LogP contribution in [0.25, 0.3) is 0 Å². The Kier molecular flexibility index (Phi) is 4.88. The van der Waals surface area contributed by atoms with E-state index in [1.807, 2.05) is 6.92 Å². The zero-order chi connectivity index (χ0) is 12.9. The second-order valence-corrected chi connectivity index (χ2v) is 3.50. The highest BCUT2D eigenvalue weighted by atomic mass is 19.4. The molecule has 1 atom stereocenters. The number of rotatable bonds is 6. The predicted octanol–water partition coefficient (Wildman–Crippen LogP) is 1.60. The van der Waals surface area contributed by atoms with E-state index in [0.29, 0.717) is 12.4 Å².